The van der Waals surface area contributed by atoms with Crippen LogP contribution < -0.4 is 10.6 Å². The van der Waals surface area contributed by atoms with E-state index in [1.54, 1.807) is 7.11 Å². The predicted octanol–water partition coefficient (Wildman–Crippen LogP) is 2.03. The largest absolute Gasteiger partial charge is 0.385 e. The van der Waals surface area contributed by atoms with Gasteiger partial charge in [-0.25, -0.2) is 0 Å². The van der Waals surface area contributed by atoms with Gasteiger partial charge in [-0.2, -0.15) is 0 Å². The topological polar surface area (TPSA) is 33.3 Å². The summed E-state index contributed by atoms with van der Waals surface area (Å²) in [7, 11) is 1.76. The van der Waals surface area contributed by atoms with Crippen molar-refractivity contribution in [1.29, 1.82) is 0 Å². The van der Waals surface area contributed by atoms with Gasteiger partial charge in [0.25, 0.3) is 0 Å². The van der Waals surface area contributed by atoms with Gasteiger partial charge in [0.05, 0.1) is 0 Å². The second-order valence-electron chi connectivity index (χ2n) is 5.92. The van der Waals surface area contributed by atoms with E-state index < -0.39 is 0 Å². The van der Waals surface area contributed by atoms with Crippen molar-refractivity contribution >= 4 is 0 Å². The summed E-state index contributed by atoms with van der Waals surface area (Å²) in [5.41, 5.74) is 0.477. The molecule has 0 radical (unpaired) electrons. The number of nitrogens with one attached hydrogen (secondary N) is 2. The Morgan fingerprint density at radius 1 is 1.06 bits per heavy atom. The highest BCUT2D eigenvalue weighted by Crippen LogP contribution is 2.18. The molecule has 98 valence electrons. The van der Waals surface area contributed by atoms with Gasteiger partial charge >= 0.3 is 0 Å². The summed E-state index contributed by atoms with van der Waals surface area (Å²) < 4.78 is 5.12. The monoisotopic (exact) mass is 230 g/mol. The minimum atomic E-state index is 0.173. The van der Waals surface area contributed by atoms with Crippen molar-refractivity contribution in [2.75, 3.05) is 33.4 Å². The first-order valence-corrected chi connectivity index (χ1v) is 6.28. The molecule has 3 heteroatoms. The van der Waals surface area contributed by atoms with Gasteiger partial charge in [-0.05, 0) is 32.2 Å². The summed E-state index contributed by atoms with van der Waals surface area (Å²) in [5.74, 6) is 0. The third-order valence-electron chi connectivity index (χ3n) is 2.81. The van der Waals surface area contributed by atoms with E-state index >= 15 is 0 Å². The lowest BCUT2D eigenvalue weighted by Crippen LogP contribution is -2.49. The van der Waals surface area contributed by atoms with Crippen LogP contribution >= 0.6 is 0 Å². The van der Waals surface area contributed by atoms with Crippen molar-refractivity contribution < 1.29 is 4.74 Å². The summed E-state index contributed by atoms with van der Waals surface area (Å²) in [6.07, 6.45) is 1.10. The van der Waals surface area contributed by atoms with Gasteiger partial charge in [-0.1, -0.05) is 20.8 Å². The van der Waals surface area contributed by atoms with Crippen LogP contribution in [0.15, 0.2) is 0 Å². The smallest absolute Gasteiger partial charge is 0.0467 e. The van der Waals surface area contributed by atoms with Crippen LogP contribution in [0.2, 0.25) is 0 Å². The van der Waals surface area contributed by atoms with Crippen LogP contribution in [-0.4, -0.2) is 38.9 Å². The van der Waals surface area contributed by atoms with Crippen LogP contribution in [0.25, 0.3) is 0 Å². The third-order valence-corrected chi connectivity index (χ3v) is 2.81. The Hall–Kier alpha value is -0.120. The molecule has 0 heterocycles. The zero-order valence-corrected chi connectivity index (χ0v) is 11.9. The van der Waals surface area contributed by atoms with E-state index in [2.05, 4.69) is 45.3 Å². The van der Waals surface area contributed by atoms with Crippen LogP contribution in [0.4, 0.5) is 0 Å². The minimum absolute atomic E-state index is 0.173. The van der Waals surface area contributed by atoms with Gasteiger partial charge in [-0.15, -0.1) is 0 Å². The first kappa shape index (κ1) is 15.9. The maximum atomic E-state index is 5.12. The van der Waals surface area contributed by atoms with Crippen molar-refractivity contribution in [3.05, 3.63) is 0 Å². The molecule has 0 rings (SSSR count). The summed E-state index contributed by atoms with van der Waals surface area (Å²) in [5, 5.41) is 7.01. The molecule has 0 aromatic heterocycles. The zero-order valence-electron chi connectivity index (χ0n) is 11.9. The molecular weight excluding hydrogens is 200 g/mol. The Bertz CT molecular complexity index is 179. The normalized spacial score (nSPS) is 13.1. The molecular formula is C13H30N2O. The quantitative estimate of drug-likeness (QED) is 0.636. The molecule has 0 aliphatic carbocycles. The van der Waals surface area contributed by atoms with Crippen molar-refractivity contribution in [3.63, 3.8) is 0 Å². The summed E-state index contributed by atoms with van der Waals surface area (Å²) >= 11 is 0. The van der Waals surface area contributed by atoms with E-state index in [0.717, 1.165) is 32.7 Å². The predicted molar refractivity (Wildman–Crippen MR) is 70.9 cm³/mol. The Labute approximate surface area is 101 Å². The molecule has 0 fully saturated rings. The average Bonchev–Trinajstić information content (AvgIpc) is 2.14. The van der Waals surface area contributed by atoms with Crippen LogP contribution in [0.5, 0.6) is 0 Å². The molecule has 3 nitrogen and oxygen atoms in total. The summed E-state index contributed by atoms with van der Waals surface area (Å²) in [4.78, 5) is 0. The lowest BCUT2D eigenvalue weighted by atomic mass is 9.89. The van der Waals surface area contributed by atoms with E-state index in [1.807, 2.05) is 0 Å². The van der Waals surface area contributed by atoms with Gasteiger partial charge < -0.3 is 15.4 Å². The molecule has 0 amide bonds. The molecule has 16 heavy (non-hydrogen) atoms. The fourth-order valence-electron chi connectivity index (χ4n) is 1.72. The Morgan fingerprint density at radius 2 is 1.69 bits per heavy atom. The van der Waals surface area contributed by atoms with Gasteiger partial charge in [0.2, 0.25) is 0 Å². The molecule has 0 saturated carbocycles. The highest BCUT2D eigenvalue weighted by atomic mass is 16.5. The molecule has 0 aromatic rings. The Kier molecular flexibility index (Phi) is 7.20. The van der Waals surface area contributed by atoms with E-state index in [9.17, 15) is 0 Å². The van der Waals surface area contributed by atoms with Crippen molar-refractivity contribution in [1.82, 2.24) is 10.6 Å². The SMILES string of the molecule is CCNC(C)(C)CNCC(C)(C)CCOC. The van der Waals surface area contributed by atoms with Crippen molar-refractivity contribution in [2.45, 2.75) is 46.6 Å². The first-order chi connectivity index (χ1) is 7.33. The Balaban J connectivity index is 3.78. The molecule has 0 spiro atoms. The minimum Gasteiger partial charge on any atom is -0.385 e. The molecule has 0 aliphatic rings. The number of hydrogen-bond acceptors (Lipinski definition) is 3. The lowest BCUT2D eigenvalue weighted by Gasteiger charge is -2.30. The molecule has 0 unspecified atom stereocenters. The molecule has 2 N–H and O–H groups in total. The van der Waals surface area contributed by atoms with Gasteiger partial charge in [0.1, 0.15) is 0 Å². The third kappa shape index (κ3) is 8.08. The fourth-order valence-corrected chi connectivity index (χ4v) is 1.72. The van der Waals surface area contributed by atoms with Crippen LogP contribution in [0.1, 0.15) is 41.0 Å². The maximum Gasteiger partial charge on any atom is 0.0467 e. The Morgan fingerprint density at radius 3 is 2.19 bits per heavy atom. The molecule has 0 atom stereocenters. The maximum absolute atomic E-state index is 5.12. The number of hydrogen-bond donors (Lipinski definition) is 2. The van der Waals surface area contributed by atoms with Gasteiger partial charge in [0, 0.05) is 32.3 Å². The number of methoxy groups -OCH3 is 1. The fraction of sp³-hybridized carbons (Fsp3) is 1.00. The zero-order chi connectivity index (χ0) is 12.7. The average molecular weight is 230 g/mol. The van der Waals surface area contributed by atoms with E-state index in [0.29, 0.717) is 5.41 Å². The molecule has 0 saturated heterocycles. The second-order valence-corrected chi connectivity index (χ2v) is 5.92. The van der Waals surface area contributed by atoms with Crippen molar-refractivity contribution in [3.8, 4) is 0 Å². The van der Waals surface area contributed by atoms with Crippen LogP contribution in [0.3, 0.4) is 0 Å². The number of ether oxygens (including phenoxy) is 1. The first-order valence-electron chi connectivity index (χ1n) is 6.28. The van der Waals surface area contributed by atoms with E-state index in [4.69, 9.17) is 4.74 Å². The number of rotatable bonds is 9. The van der Waals surface area contributed by atoms with Gasteiger partial charge in [0.15, 0.2) is 0 Å². The highest BCUT2D eigenvalue weighted by molar-refractivity contribution is 4.81. The van der Waals surface area contributed by atoms with E-state index in [1.165, 1.54) is 0 Å². The molecule has 0 bridgehead atoms. The van der Waals surface area contributed by atoms with E-state index in [-0.39, 0.29) is 5.54 Å². The second kappa shape index (κ2) is 7.25. The lowest BCUT2D eigenvalue weighted by molar-refractivity contribution is 0.149. The van der Waals surface area contributed by atoms with Crippen molar-refractivity contribution in [2.24, 2.45) is 5.41 Å². The molecule has 0 aromatic carbocycles. The van der Waals surface area contributed by atoms with Crippen LogP contribution in [0, 0.1) is 5.41 Å². The van der Waals surface area contributed by atoms with Crippen LogP contribution in [-0.2, 0) is 4.74 Å². The highest BCUT2D eigenvalue weighted by Gasteiger charge is 2.20. The molecule has 0 aliphatic heterocycles. The number of likely N-dealkylation sites (N-methyl/N-ethyl adjacent to an activating group) is 1. The summed E-state index contributed by atoms with van der Waals surface area (Å²) in [6.45, 7) is 15.0. The standard InChI is InChI=1S/C13H30N2O/c1-7-15-13(4,5)11-14-10-12(2,3)8-9-16-6/h14-15H,7-11H2,1-6H3. The summed E-state index contributed by atoms with van der Waals surface area (Å²) in [6, 6.07) is 0. The van der Waals surface area contributed by atoms with Gasteiger partial charge in [-0.3, -0.25) is 0 Å².